The van der Waals surface area contributed by atoms with E-state index < -0.39 is 0 Å². The van der Waals surface area contributed by atoms with Crippen LogP contribution in [-0.2, 0) is 18.4 Å². The molecule has 0 radical (unpaired) electrons. The lowest BCUT2D eigenvalue weighted by molar-refractivity contribution is -0.113. The van der Waals surface area contributed by atoms with E-state index in [9.17, 15) is 9.59 Å². The van der Waals surface area contributed by atoms with Gasteiger partial charge >= 0.3 is 0 Å². The van der Waals surface area contributed by atoms with Gasteiger partial charge in [0, 0.05) is 18.3 Å². The Labute approximate surface area is 173 Å². The van der Waals surface area contributed by atoms with Gasteiger partial charge in [0.05, 0.1) is 12.3 Å². The zero-order valence-electron chi connectivity index (χ0n) is 16.6. The number of nitrogens with one attached hydrogen (secondary N) is 2. The first-order valence-electron chi connectivity index (χ1n) is 9.15. The normalized spacial score (nSPS) is 10.6. The summed E-state index contributed by atoms with van der Waals surface area (Å²) in [6.45, 7) is 4.25. The Morgan fingerprint density at radius 2 is 1.72 bits per heavy atom. The maximum absolute atomic E-state index is 12.3. The van der Waals surface area contributed by atoms with Gasteiger partial charge in [0.2, 0.25) is 5.91 Å². The van der Waals surface area contributed by atoms with Crippen molar-refractivity contribution in [1.82, 2.24) is 20.1 Å². The summed E-state index contributed by atoms with van der Waals surface area (Å²) in [5.41, 5.74) is 3.58. The number of aromatic nitrogens is 3. The molecule has 0 atom stereocenters. The van der Waals surface area contributed by atoms with Crippen molar-refractivity contribution in [2.75, 3.05) is 11.1 Å². The van der Waals surface area contributed by atoms with Gasteiger partial charge in [-0.1, -0.05) is 36.0 Å². The summed E-state index contributed by atoms with van der Waals surface area (Å²) in [5, 5.41) is 14.6. The molecule has 0 saturated carbocycles. The molecule has 2 amide bonds. The molecule has 0 aliphatic heterocycles. The molecule has 0 bridgehead atoms. The van der Waals surface area contributed by atoms with E-state index in [2.05, 4.69) is 26.9 Å². The summed E-state index contributed by atoms with van der Waals surface area (Å²) in [6.07, 6.45) is 0. The molecule has 1 heterocycles. The molecule has 150 valence electrons. The van der Waals surface area contributed by atoms with Crippen LogP contribution in [0.1, 0.15) is 27.3 Å². The molecule has 0 aliphatic carbocycles. The second-order valence-electron chi connectivity index (χ2n) is 6.72. The number of hydrogen-bond acceptors (Lipinski definition) is 5. The molecule has 8 heteroatoms. The highest BCUT2D eigenvalue weighted by molar-refractivity contribution is 7.99. The number of thioether (sulfide) groups is 1. The molecular formula is C21H23N5O2S. The van der Waals surface area contributed by atoms with Crippen LogP contribution in [-0.4, -0.2) is 32.3 Å². The molecular weight excluding hydrogens is 386 g/mol. The van der Waals surface area contributed by atoms with Crippen LogP contribution in [0.5, 0.6) is 0 Å². The van der Waals surface area contributed by atoms with Crippen LogP contribution in [0, 0.1) is 13.8 Å². The molecule has 2 N–H and O–H groups in total. The van der Waals surface area contributed by atoms with E-state index in [4.69, 9.17) is 0 Å². The number of carbonyl (C=O) groups is 2. The number of aryl methyl sites for hydroxylation is 2. The highest BCUT2D eigenvalue weighted by Gasteiger charge is 2.13. The molecule has 0 aliphatic rings. The standard InChI is InChI=1S/C21H23N5O2S/c1-14-9-15(2)11-17(10-14)23-19(27)13-29-21-25-24-18(26(21)3)12-22-20(28)16-7-5-4-6-8-16/h4-11H,12-13H2,1-3H3,(H,22,28)(H,23,27). The smallest absolute Gasteiger partial charge is 0.251 e. The van der Waals surface area contributed by atoms with Gasteiger partial charge < -0.3 is 15.2 Å². The third-order valence-corrected chi connectivity index (χ3v) is 5.23. The molecule has 0 fully saturated rings. The minimum absolute atomic E-state index is 0.109. The van der Waals surface area contributed by atoms with Gasteiger partial charge in [0.15, 0.2) is 11.0 Å². The Hall–Kier alpha value is -3.13. The second kappa shape index (κ2) is 9.38. The summed E-state index contributed by atoms with van der Waals surface area (Å²) in [4.78, 5) is 24.4. The van der Waals surface area contributed by atoms with E-state index in [0.29, 0.717) is 16.5 Å². The van der Waals surface area contributed by atoms with E-state index in [0.717, 1.165) is 16.8 Å². The first-order valence-corrected chi connectivity index (χ1v) is 10.1. The molecule has 0 saturated heterocycles. The zero-order chi connectivity index (χ0) is 20.8. The summed E-state index contributed by atoms with van der Waals surface area (Å²) in [6, 6.07) is 14.9. The molecule has 29 heavy (non-hydrogen) atoms. The first kappa shape index (κ1) is 20.6. The molecule has 3 aromatic rings. The van der Waals surface area contributed by atoms with E-state index in [-0.39, 0.29) is 24.1 Å². The van der Waals surface area contributed by atoms with Crippen molar-refractivity contribution < 1.29 is 9.59 Å². The van der Waals surface area contributed by atoms with Gasteiger partial charge in [-0.3, -0.25) is 9.59 Å². The zero-order valence-corrected chi connectivity index (χ0v) is 17.4. The van der Waals surface area contributed by atoms with Crippen LogP contribution in [0.4, 0.5) is 5.69 Å². The van der Waals surface area contributed by atoms with Gasteiger partial charge in [-0.25, -0.2) is 0 Å². The molecule has 7 nitrogen and oxygen atoms in total. The van der Waals surface area contributed by atoms with Gasteiger partial charge in [0.1, 0.15) is 0 Å². The van der Waals surface area contributed by atoms with E-state index in [1.807, 2.05) is 51.2 Å². The Kier molecular flexibility index (Phi) is 6.66. The van der Waals surface area contributed by atoms with Crippen LogP contribution in [0.15, 0.2) is 53.7 Å². The van der Waals surface area contributed by atoms with Crippen LogP contribution >= 0.6 is 11.8 Å². The predicted molar refractivity (Wildman–Crippen MR) is 114 cm³/mol. The predicted octanol–water partition coefficient (Wildman–Crippen LogP) is 3.09. The summed E-state index contributed by atoms with van der Waals surface area (Å²) in [7, 11) is 1.81. The van der Waals surface area contributed by atoms with Gasteiger partial charge in [-0.2, -0.15) is 0 Å². The summed E-state index contributed by atoms with van der Waals surface area (Å²) < 4.78 is 1.78. The van der Waals surface area contributed by atoms with E-state index in [1.165, 1.54) is 11.8 Å². The monoisotopic (exact) mass is 409 g/mol. The van der Waals surface area contributed by atoms with Crippen LogP contribution < -0.4 is 10.6 Å². The summed E-state index contributed by atoms with van der Waals surface area (Å²) in [5.74, 6) is 0.555. The molecule has 1 aromatic heterocycles. The van der Waals surface area contributed by atoms with Crippen molar-refractivity contribution >= 4 is 29.3 Å². The van der Waals surface area contributed by atoms with Crippen molar-refractivity contribution in [2.45, 2.75) is 25.5 Å². The van der Waals surface area contributed by atoms with Crippen molar-refractivity contribution in [3.63, 3.8) is 0 Å². The number of amides is 2. The van der Waals surface area contributed by atoms with E-state index >= 15 is 0 Å². The number of benzene rings is 2. The number of hydrogen-bond donors (Lipinski definition) is 2. The average Bonchev–Trinajstić information content (AvgIpc) is 3.04. The highest BCUT2D eigenvalue weighted by Crippen LogP contribution is 2.18. The third kappa shape index (κ3) is 5.68. The third-order valence-electron chi connectivity index (χ3n) is 4.21. The van der Waals surface area contributed by atoms with Crippen molar-refractivity contribution in [2.24, 2.45) is 7.05 Å². The van der Waals surface area contributed by atoms with Crippen LogP contribution in [0.3, 0.4) is 0 Å². The fourth-order valence-corrected chi connectivity index (χ4v) is 3.58. The molecule has 3 rings (SSSR count). The summed E-state index contributed by atoms with van der Waals surface area (Å²) >= 11 is 1.30. The van der Waals surface area contributed by atoms with Gasteiger partial charge in [0.25, 0.3) is 5.91 Å². The maximum atomic E-state index is 12.3. The van der Waals surface area contributed by atoms with Crippen molar-refractivity contribution in [3.05, 3.63) is 71.0 Å². The average molecular weight is 410 g/mol. The van der Waals surface area contributed by atoms with Crippen molar-refractivity contribution in [3.8, 4) is 0 Å². The number of carbonyl (C=O) groups excluding carboxylic acids is 2. The molecule has 0 unspecified atom stereocenters. The van der Waals surface area contributed by atoms with Crippen LogP contribution in [0.25, 0.3) is 0 Å². The fraction of sp³-hybridized carbons (Fsp3) is 0.238. The van der Waals surface area contributed by atoms with Crippen LogP contribution in [0.2, 0.25) is 0 Å². The quantitative estimate of drug-likeness (QED) is 0.586. The Balaban J connectivity index is 1.52. The van der Waals surface area contributed by atoms with E-state index in [1.54, 1.807) is 16.7 Å². The number of anilines is 1. The Bertz CT molecular complexity index is 997. The number of rotatable bonds is 7. The lowest BCUT2D eigenvalue weighted by Gasteiger charge is -2.08. The number of nitrogens with zero attached hydrogens (tertiary/aromatic N) is 3. The van der Waals surface area contributed by atoms with Gasteiger partial charge in [-0.15, -0.1) is 10.2 Å². The minimum atomic E-state index is -0.171. The van der Waals surface area contributed by atoms with Gasteiger partial charge in [-0.05, 0) is 49.2 Å². The van der Waals surface area contributed by atoms with Crippen molar-refractivity contribution in [1.29, 1.82) is 0 Å². The lowest BCUT2D eigenvalue weighted by Crippen LogP contribution is -2.24. The fourth-order valence-electron chi connectivity index (χ4n) is 2.85. The first-order chi connectivity index (χ1) is 13.9. The molecule has 2 aromatic carbocycles. The highest BCUT2D eigenvalue weighted by atomic mass is 32.2. The molecule has 0 spiro atoms. The minimum Gasteiger partial charge on any atom is -0.345 e. The SMILES string of the molecule is Cc1cc(C)cc(NC(=O)CSc2nnc(CNC(=O)c3ccccc3)n2C)c1. The lowest BCUT2D eigenvalue weighted by atomic mass is 10.1. The maximum Gasteiger partial charge on any atom is 0.251 e. The Morgan fingerprint density at radius 3 is 2.41 bits per heavy atom. The topological polar surface area (TPSA) is 88.9 Å². The second-order valence-corrected chi connectivity index (χ2v) is 7.66. The Morgan fingerprint density at radius 1 is 1.03 bits per heavy atom. The largest absolute Gasteiger partial charge is 0.345 e.